The van der Waals surface area contributed by atoms with Gasteiger partial charge in [0.05, 0.1) is 17.3 Å². The molecule has 4 rings (SSSR count). The van der Waals surface area contributed by atoms with Crippen LogP contribution in [-0.4, -0.2) is 37.5 Å². The van der Waals surface area contributed by atoms with Gasteiger partial charge in [0.1, 0.15) is 5.57 Å². The number of methoxy groups -OCH3 is 1. The van der Waals surface area contributed by atoms with Crippen molar-refractivity contribution in [1.82, 2.24) is 5.32 Å². The molecule has 1 aliphatic rings. The predicted octanol–water partition coefficient (Wildman–Crippen LogP) is 5.76. The molecule has 0 saturated carbocycles. The van der Waals surface area contributed by atoms with Crippen molar-refractivity contribution in [2.24, 2.45) is 0 Å². The molecule has 9 nitrogen and oxygen atoms in total. The number of imide groups is 2. The van der Waals surface area contributed by atoms with Crippen LogP contribution in [0.2, 0.25) is 10.0 Å². The fourth-order valence-corrected chi connectivity index (χ4v) is 4.49. The third-order valence-corrected chi connectivity index (χ3v) is 6.80. The highest BCUT2D eigenvalue weighted by Crippen LogP contribution is 2.37. The number of rotatable bonds is 7. The Morgan fingerprint density at radius 1 is 1.08 bits per heavy atom. The number of carbonyl (C=O) groups excluding carboxylic acids is 4. The largest absolute Gasteiger partial charge is 0.493 e. The highest BCUT2D eigenvalue weighted by molar-refractivity contribution is 9.10. The number of amides is 5. The summed E-state index contributed by atoms with van der Waals surface area (Å²) in [6.07, 6.45) is 1.32. The third-order valence-electron chi connectivity index (χ3n) is 5.55. The van der Waals surface area contributed by atoms with E-state index in [1.54, 1.807) is 49.4 Å². The van der Waals surface area contributed by atoms with Crippen molar-refractivity contribution in [1.29, 1.82) is 0 Å². The van der Waals surface area contributed by atoms with Gasteiger partial charge in [-0.05, 0) is 88.6 Å². The first kappa shape index (κ1) is 28.2. The Morgan fingerprint density at radius 3 is 2.46 bits per heavy atom. The molecule has 1 fully saturated rings. The first-order chi connectivity index (χ1) is 18.6. The Hall–Kier alpha value is -3.86. The quantitative estimate of drug-likeness (QED) is 0.253. The fourth-order valence-electron chi connectivity index (χ4n) is 3.61. The molecule has 200 valence electrons. The molecule has 39 heavy (non-hydrogen) atoms. The average Bonchev–Trinajstić information content (AvgIpc) is 2.89. The predicted molar refractivity (Wildman–Crippen MR) is 151 cm³/mol. The van der Waals surface area contributed by atoms with Crippen LogP contribution in [0.5, 0.6) is 11.5 Å². The zero-order valence-electron chi connectivity index (χ0n) is 20.5. The van der Waals surface area contributed by atoms with Crippen molar-refractivity contribution >= 4 is 80.3 Å². The number of barbiturate groups is 1. The van der Waals surface area contributed by atoms with Crippen LogP contribution >= 0.6 is 39.1 Å². The van der Waals surface area contributed by atoms with Crippen molar-refractivity contribution in [3.63, 3.8) is 0 Å². The molecule has 0 aromatic heterocycles. The molecule has 2 N–H and O–H groups in total. The van der Waals surface area contributed by atoms with Gasteiger partial charge in [0.15, 0.2) is 18.1 Å². The average molecular weight is 633 g/mol. The maximum atomic E-state index is 13.2. The Kier molecular flexibility index (Phi) is 8.59. The molecule has 3 aromatic carbocycles. The van der Waals surface area contributed by atoms with Crippen LogP contribution in [0.3, 0.4) is 0 Å². The molecule has 0 unspecified atom stereocenters. The van der Waals surface area contributed by atoms with Gasteiger partial charge in [-0.1, -0.05) is 29.3 Å². The van der Waals surface area contributed by atoms with Gasteiger partial charge in [0, 0.05) is 15.7 Å². The van der Waals surface area contributed by atoms with Crippen LogP contribution in [0.15, 0.2) is 64.6 Å². The Balaban J connectivity index is 1.56. The van der Waals surface area contributed by atoms with Crippen LogP contribution in [0.4, 0.5) is 16.2 Å². The second-order valence-corrected chi connectivity index (χ2v) is 9.97. The van der Waals surface area contributed by atoms with Gasteiger partial charge in [0.2, 0.25) is 0 Å². The summed E-state index contributed by atoms with van der Waals surface area (Å²) < 4.78 is 11.5. The lowest BCUT2D eigenvalue weighted by Gasteiger charge is -2.26. The van der Waals surface area contributed by atoms with E-state index in [9.17, 15) is 19.2 Å². The van der Waals surface area contributed by atoms with Crippen molar-refractivity contribution in [2.45, 2.75) is 6.92 Å². The molecule has 5 amide bonds. The number of hydrogen-bond acceptors (Lipinski definition) is 6. The molecule has 0 radical (unpaired) electrons. The van der Waals surface area contributed by atoms with Gasteiger partial charge in [-0.2, -0.15) is 0 Å². The number of ether oxygens (including phenoxy) is 2. The number of hydrogen-bond donors (Lipinski definition) is 2. The van der Waals surface area contributed by atoms with Gasteiger partial charge in [0.25, 0.3) is 17.7 Å². The minimum Gasteiger partial charge on any atom is -0.493 e. The number of nitrogens with one attached hydrogen (secondary N) is 2. The van der Waals surface area contributed by atoms with Crippen molar-refractivity contribution in [3.05, 3.63) is 85.8 Å². The number of anilines is 2. The fraction of sp³-hybridized carbons (Fsp3) is 0.111. The number of nitrogens with zero attached hydrogens (tertiary/aromatic N) is 1. The summed E-state index contributed by atoms with van der Waals surface area (Å²) in [7, 11) is 1.40. The normalized spacial score (nSPS) is 14.3. The molecule has 0 aliphatic carbocycles. The lowest BCUT2D eigenvalue weighted by molar-refractivity contribution is -0.122. The first-order valence-electron chi connectivity index (χ1n) is 11.3. The number of urea groups is 1. The van der Waals surface area contributed by atoms with Gasteiger partial charge in [-0.25, -0.2) is 9.69 Å². The van der Waals surface area contributed by atoms with E-state index in [4.69, 9.17) is 32.7 Å². The number of carbonyl (C=O) groups is 4. The second-order valence-electron chi connectivity index (χ2n) is 8.27. The van der Waals surface area contributed by atoms with E-state index < -0.39 is 23.8 Å². The Morgan fingerprint density at radius 2 is 1.79 bits per heavy atom. The van der Waals surface area contributed by atoms with E-state index >= 15 is 0 Å². The molecular weight excluding hydrogens is 613 g/mol. The van der Waals surface area contributed by atoms with E-state index in [0.717, 1.165) is 10.5 Å². The van der Waals surface area contributed by atoms with Gasteiger partial charge < -0.3 is 14.8 Å². The SMILES string of the molecule is COc1cc(/C=C2\C(=O)NC(=O)N(c3ccc(C)c(Cl)c3)C2=O)cc(Br)c1OCC(=O)Nc1ccc(Cl)cc1. The van der Waals surface area contributed by atoms with E-state index in [-0.39, 0.29) is 29.4 Å². The van der Waals surface area contributed by atoms with Crippen molar-refractivity contribution in [3.8, 4) is 11.5 Å². The smallest absolute Gasteiger partial charge is 0.335 e. The van der Waals surface area contributed by atoms with E-state index in [1.165, 1.54) is 25.3 Å². The first-order valence-corrected chi connectivity index (χ1v) is 12.9. The van der Waals surface area contributed by atoms with Crippen LogP contribution < -0.4 is 25.0 Å². The number of halogens is 3. The lowest BCUT2D eigenvalue weighted by Crippen LogP contribution is -2.54. The Bertz CT molecular complexity index is 1520. The van der Waals surface area contributed by atoms with E-state index in [0.29, 0.717) is 25.8 Å². The minimum absolute atomic E-state index is 0.214. The molecule has 0 atom stereocenters. The van der Waals surface area contributed by atoms with Gasteiger partial charge in [-0.3, -0.25) is 19.7 Å². The summed E-state index contributed by atoms with van der Waals surface area (Å²) in [4.78, 5) is 51.5. The summed E-state index contributed by atoms with van der Waals surface area (Å²) in [6, 6.07) is 13.5. The maximum absolute atomic E-state index is 13.2. The Labute approximate surface area is 241 Å². The van der Waals surface area contributed by atoms with Crippen LogP contribution in [-0.2, 0) is 14.4 Å². The molecule has 3 aromatic rings. The zero-order chi connectivity index (χ0) is 28.3. The monoisotopic (exact) mass is 631 g/mol. The molecule has 1 heterocycles. The molecule has 12 heteroatoms. The highest BCUT2D eigenvalue weighted by Gasteiger charge is 2.37. The zero-order valence-corrected chi connectivity index (χ0v) is 23.6. The van der Waals surface area contributed by atoms with Gasteiger partial charge in [-0.15, -0.1) is 0 Å². The lowest BCUT2D eigenvalue weighted by atomic mass is 10.1. The summed E-state index contributed by atoms with van der Waals surface area (Å²) in [6.45, 7) is 1.46. The number of benzene rings is 3. The summed E-state index contributed by atoms with van der Waals surface area (Å²) >= 11 is 15.4. The topological polar surface area (TPSA) is 114 Å². The van der Waals surface area contributed by atoms with Gasteiger partial charge >= 0.3 is 6.03 Å². The van der Waals surface area contributed by atoms with Crippen LogP contribution in [0.25, 0.3) is 6.08 Å². The summed E-state index contributed by atoms with van der Waals surface area (Å²) in [5.74, 6) is -1.62. The molecule has 1 saturated heterocycles. The van der Waals surface area contributed by atoms with E-state index in [1.807, 2.05) is 0 Å². The summed E-state index contributed by atoms with van der Waals surface area (Å²) in [5.41, 5.74) is 1.64. The standard InChI is InChI=1S/C27H20BrCl2N3O6/c1-14-3-8-18(12-21(14)30)33-26(36)19(25(35)32-27(33)37)9-15-10-20(28)24(22(11-15)38-2)39-13-23(34)31-17-6-4-16(29)5-7-17/h3-12H,13H2,1-2H3,(H,31,34)(H,32,35,37)/b19-9+. The molecular formula is C27H20BrCl2N3O6. The molecule has 1 aliphatic heterocycles. The van der Waals surface area contributed by atoms with Crippen LogP contribution in [0.1, 0.15) is 11.1 Å². The van der Waals surface area contributed by atoms with E-state index in [2.05, 4.69) is 26.6 Å². The molecule has 0 spiro atoms. The molecule has 0 bridgehead atoms. The number of aryl methyl sites for hydroxylation is 1. The summed E-state index contributed by atoms with van der Waals surface area (Å²) in [5, 5.41) is 5.76. The van der Waals surface area contributed by atoms with Crippen molar-refractivity contribution < 1.29 is 28.7 Å². The van der Waals surface area contributed by atoms with Crippen molar-refractivity contribution in [2.75, 3.05) is 23.9 Å². The highest BCUT2D eigenvalue weighted by atomic mass is 79.9. The second kappa shape index (κ2) is 11.9. The maximum Gasteiger partial charge on any atom is 0.335 e. The van der Waals surface area contributed by atoms with Crippen LogP contribution in [0, 0.1) is 6.92 Å². The minimum atomic E-state index is -0.888. The third kappa shape index (κ3) is 6.42.